The molecule has 0 amide bonds. The number of nitrogens with zero attached hydrogens (tertiary/aromatic N) is 1. The van der Waals surface area contributed by atoms with Crippen molar-refractivity contribution in [2.45, 2.75) is 26.2 Å². The molecule has 3 rings (SSSR count). The van der Waals surface area contributed by atoms with Gasteiger partial charge in [0.1, 0.15) is 11.5 Å². The van der Waals surface area contributed by atoms with Crippen molar-refractivity contribution in [1.29, 1.82) is 0 Å². The minimum Gasteiger partial charge on any atom is -0.346 e. The lowest BCUT2D eigenvalue weighted by atomic mass is 9.87. The summed E-state index contributed by atoms with van der Waals surface area (Å²) in [5.74, 6) is 0.853. The van der Waals surface area contributed by atoms with Crippen LogP contribution in [0.25, 0.3) is 11.0 Å². The number of hydrogen-bond donors (Lipinski definition) is 2. The van der Waals surface area contributed by atoms with Gasteiger partial charge in [-0.05, 0) is 41.3 Å². The summed E-state index contributed by atoms with van der Waals surface area (Å²) in [6, 6.07) is 14.6. The van der Waals surface area contributed by atoms with Crippen LogP contribution in [0.3, 0.4) is 0 Å². The molecule has 0 aliphatic carbocycles. The molecule has 2 heterocycles. The highest BCUT2D eigenvalue weighted by atomic mass is 15.0. The van der Waals surface area contributed by atoms with Crippen molar-refractivity contribution in [2.24, 2.45) is 0 Å². The summed E-state index contributed by atoms with van der Waals surface area (Å²) in [6.07, 6.45) is 1.90. The van der Waals surface area contributed by atoms with E-state index in [9.17, 15) is 0 Å². The van der Waals surface area contributed by atoms with Crippen LogP contribution in [0.5, 0.6) is 0 Å². The molecule has 0 bridgehead atoms. The molecule has 20 heavy (non-hydrogen) atoms. The Labute approximate surface area is 119 Å². The summed E-state index contributed by atoms with van der Waals surface area (Å²) in [5, 5.41) is 4.49. The van der Waals surface area contributed by atoms with E-state index in [1.54, 1.807) is 0 Å². The lowest BCUT2D eigenvalue weighted by Crippen LogP contribution is -2.11. The number of H-pyrrole nitrogens is 1. The lowest BCUT2D eigenvalue weighted by Gasteiger charge is -2.20. The normalized spacial score (nSPS) is 11.8. The Hall–Kier alpha value is -2.29. The predicted molar refractivity (Wildman–Crippen MR) is 84.5 cm³/mol. The molecule has 0 unspecified atom stereocenters. The van der Waals surface area contributed by atoms with Gasteiger partial charge < -0.3 is 10.3 Å². The molecule has 102 valence electrons. The van der Waals surface area contributed by atoms with Crippen molar-refractivity contribution in [3.63, 3.8) is 0 Å². The third-order valence-electron chi connectivity index (χ3n) is 3.41. The molecular formula is C17H19N3. The third-order valence-corrected chi connectivity index (χ3v) is 3.41. The molecule has 0 radical (unpaired) electrons. The molecule has 3 heteroatoms. The zero-order chi connectivity index (χ0) is 14.2. The SMILES string of the molecule is CC(C)(C)c1cccc(Nc2ccc3cc[nH]c3n2)c1. The molecule has 0 aliphatic rings. The second kappa shape index (κ2) is 4.67. The molecule has 3 nitrogen and oxygen atoms in total. The number of nitrogens with one attached hydrogen (secondary N) is 2. The highest BCUT2D eigenvalue weighted by Gasteiger charge is 2.13. The maximum absolute atomic E-state index is 4.56. The van der Waals surface area contributed by atoms with Gasteiger partial charge >= 0.3 is 0 Å². The molecule has 0 aliphatic heterocycles. The summed E-state index contributed by atoms with van der Waals surface area (Å²) in [4.78, 5) is 7.69. The second-order valence-electron chi connectivity index (χ2n) is 6.07. The Morgan fingerprint density at radius 3 is 2.70 bits per heavy atom. The maximum atomic E-state index is 4.56. The van der Waals surface area contributed by atoms with E-state index < -0.39 is 0 Å². The Kier molecular flexibility index (Phi) is 2.97. The van der Waals surface area contributed by atoms with Crippen molar-refractivity contribution < 1.29 is 0 Å². The largest absolute Gasteiger partial charge is 0.346 e. The minimum atomic E-state index is 0.147. The first kappa shape index (κ1) is 12.7. The van der Waals surface area contributed by atoms with Crippen molar-refractivity contribution in [3.8, 4) is 0 Å². The number of rotatable bonds is 2. The zero-order valence-corrected chi connectivity index (χ0v) is 12.1. The Balaban J connectivity index is 1.90. The Morgan fingerprint density at radius 1 is 1.05 bits per heavy atom. The summed E-state index contributed by atoms with van der Waals surface area (Å²) in [6.45, 7) is 6.65. The molecule has 0 saturated carbocycles. The zero-order valence-electron chi connectivity index (χ0n) is 12.1. The smallest absolute Gasteiger partial charge is 0.139 e. The maximum Gasteiger partial charge on any atom is 0.139 e. The van der Waals surface area contributed by atoms with Crippen molar-refractivity contribution in [3.05, 3.63) is 54.2 Å². The quantitative estimate of drug-likeness (QED) is 0.710. The molecule has 0 saturated heterocycles. The van der Waals surface area contributed by atoms with Gasteiger partial charge in [0.15, 0.2) is 0 Å². The van der Waals surface area contributed by atoms with E-state index >= 15 is 0 Å². The summed E-state index contributed by atoms with van der Waals surface area (Å²) >= 11 is 0. The summed E-state index contributed by atoms with van der Waals surface area (Å²) in [7, 11) is 0. The van der Waals surface area contributed by atoms with Gasteiger partial charge in [0, 0.05) is 17.3 Å². The number of anilines is 2. The number of hydrogen-bond acceptors (Lipinski definition) is 2. The van der Waals surface area contributed by atoms with E-state index in [1.165, 1.54) is 5.56 Å². The van der Waals surface area contributed by atoms with Crippen molar-refractivity contribution in [2.75, 3.05) is 5.32 Å². The minimum absolute atomic E-state index is 0.147. The Bertz CT molecular complexity index is 735. The van der Waals surface area contributed by atoms with Gasteiger partial charge in [-0.3, -0.25) is 0 Å². The molecule has 0 spiro atoms. The number of benzene rings is 1. The van der Waals surface area contributed by atoms with Crippen LogP contribution in [0.2, 0.25) is 0 Å². The van der Waals surface area contributed by atoms with Gasteiger partial charge in [0.05, 0.1) is 0 Å². The fraction of sp³-hybridized carbons (Fsp3) is 0.235. The lowest BCUT2D eigenvalue weighted by molar-refractivity contribution is 0.590. The number of fused-ring (bicyclic) bond motifs is 1. The fourth-order valence-corrected chi connectivity index (χ4v) is 2.21. The number of aromatic nitrogens is 2. The average molecular weight is 265 g/mol. The number of aromatic amines is 1. The third kappa shape index (κ3) is 2.52. The van der Waals surface area contributed by atoms with Gasteiger partial charge in [0.2, 0.25) is 0 Å². The van der Waals surface area contributed by atoms with E-state index in [0.717, 1.165) is 22.5 Å². The van der Waals surface area contributed by atoms with Crippen LogP contribution in [0.15, 0.2) is 48.7 Å². The second-order valence-corrected chi connectivity index (χ2v) is 6.07. The van der Waals surface area contributed by atoms with Gasteiger partial charge in [-0.2, -0.15) is 0 Å². The van der Waals surface area contributed by atoms with E-state index in [-0.39, 0.29) is 5.41 Å². The van der Waals surface area contributed by atoms with E-state index in [4.69, 9.17) is 0 Å². The van der Waals surface area contributed by atoms with Gasteiger partial charge in [-0.15, -0.1) is 0 Å². The number of pyridine rings is 1. The van der Waals surface area contributed by atoms with Crippen LogP contribution >= 0.6 is 0 Å². The highest BCUT2D eigenvalue weighted by Crippen LogP contribution is 2.26. The Morgan fingerprint density at radius 2 is 1.90 bits per heavy atom. The average Bonchev–Trinajstić information content (AvgIpc) is 2.85. The van der Waals surface area contributed by atoms with Crippen LogP contribution in [0, 0.1) is 0 Å². The molecule has 1 aromatic carbocycles. The van der Waals surface area contributed by atoms with Crippen LogP contribution in [-0.2, 0) is 5.41 Å². The topological polar surface area (TPSA) is 40.7 Å². The monoisotopic (exact) mass is 265 g/mol. The van der Waals surface area contributed by atoms with Crippen molar-refractivity contribution in [1.82, 2.24) is 9.97 Å². The van der Waals surface area contributed by atoms with E-state index in [1.807, 2.05) is 18.3 Å². The van der Waals surface area contributed by atoms with E-state index in [0.29, 0.717) is 0 Å². The fourth-order valence-electron chi connectivity index (χ4n) is 2.21. The van der Waals surface area contributed by atoms with Gasteiger partial charge in [0.25, 0.3) is 0 Å². The first-order valence-corrected chi connectivity index (χ1v) is 6.84. The van der Waals surface area contributed by atoms with Crippen LogP contribution in [0.4, 0.5) is 11.5 Å². The van der Waals surface area contributed by atoms with Crippen LogP contribution in [-0.4, -0.2) is 9.97 Å². The van der Waals surface area contributed by atoms with Gasteiger partial charge in [-0.1, -0.05) is 32.9 Å². The summed E-state index contributed by atoms with van der Waals surface area (Å²) in [5.41, 5.74) is 3.43. The molecule has 2 N–H and O–H groups in total. The summed E-state index contributed by atoms with van der Waals surface area (Å²) < 4.78 is 0. The van der Waals surface area contributed by atoms with E-state index in [2.05, 4.69) is 66.4 Å². The molecule has 0 fully saturated rings. The van der Waals surface area contributed by atoms with Crippen molar-refractivity contribution >= 4 is 22.5 Å². The first-order valence-electron chi connectivity index (χ1n) is 6.84. The predicted octanol–water partition coefficient (Wildman–Crippen LogP) is 4.60. The molecule has 2 aromatic heterocycles. The standard InChI is InChI=1S/C17H19N3/c1-17(2,3)13-5-4-6-14(11-13)19-15-8-7-12-9-10-18-16(12)20-15/h4-11H,1-3H3,(H2,18,19,20). The molecule has 3 aromatic rings. The van der Waals surface area contributed by atoms with Crippen LogP contribution < -0.4 is 5.32 Å². The van der Waals surface area contributed by atoms with Gasteiger partial charge in [-0.25, -0.2) is 4.98 Å². The molecular weight excluding hydrogens is 246 g/mol. The highest BCUT2D eigenvalue weighted by molar-refractivity contribution is 5.78. The van der Waals surface area contributed by atoms with Crippen LogP contribution in [0.1, 0.15) is 26.3 Å². The molecule has 0 atom stereocenters. The first-order chi connectivity index (χ1) is 9.52.